The number of hydrogen-bond donors (Lipinski definition) is 3. The molecule has 0 saturated heterocycles. The summed E-state index contributed by atoms with van der Waals surface area (Å²) in [7, 11) is 0. The molecule has 2 aromatic carbocycles. The lowest BCUT2D eigenvalue weighted by atomic mass is 10.0. The van der Waals surface area contributed by atoms with Gasteiger partial charge in [-0.25, -0.2) is 22.4 Å². The van der Waals surface area contributed by atoms with Crippen molar-refractivity contribution in [1.82, 2.24) is 4.57 Å². The van der Waals surface area contributed by atoms with Gasteiger partial charge in [0.25, 0.3) is 5.56 Å². The predicted octanol–water partition coefficient (Wildman–Crippen LogP) is 3.39. The van der Waals surface area contributed by atoms with Crippen molar-refractivity contribution >= 4 is 11.7 Å². The van der Waals surface area contributed by atoms with E-state index in [9.17, 15) is 37.4 Å². The Balaban J connectivity index is 2.14. The Morgan fingerprint density at radius 3 is 2.24 bits per heavy atom. The minimum atomic E-state index is -2.14. The van der Waals surface area contributed by atoms with Crippen molar-refractivity contribution in [2.24, 2.45) is 0 Å². The fourth-order valence-corrected chi connectivity index (χ4v) is 3.16. The molecular formula is C23H17F4NO5. The highest BCUT2D eigenvalue weighted by Crippen LogP contribution is 2.21. The number of aromatic nitrogens is 1. The third-order valence-electron chi connectivity index (χ3n) is 4.77. The molecule has 0 radical (unpaired) electrons. The maximum absolute atomic E-state index is 14.1. The molecule has 6 nitrogen and oxygen atoms in total. The molecule has 0 aliphatic carbocycles. The van der Waals surface area contributed by atoms with Crippen molar-refractivity contribution < 1.29 is 37.7 Å². The molecule has 0 aliphatic heterocycles. The summed E-state index contributed by atoms with van der Waals surface area (Å²) in [6.07, 6.45) is -0.936. The Kier molecular flexibility index (Phi) is 6.98. The first-order chi connectivity index (χ1) is 15.6. The van der Waals surface area contributed by atoms with E-state index in [-0.39, 0.29) is 17.7 Å². The summed E-state index contributed by atoms with van der Waals surface area (Å²) < 4.78 is 56.6. The van der Waals surface area contributed by atoms with Crippen LogP contribution < -0.4 is 5.56 Å². The maximum Gasteiger partial charge on any atom is 0.336 e. The van der Waals surface area contributed by atoms with Gasteiger partial charge in [0.1, 0.15) is 29.0 Å². The molecule has 1 aromatic heterocycles. The average Bonchev–Trinajstić information content (AvgIpc) is 2.74. The van der Waals surface area contributed by atoms with Crippen LogP contribution in [0.25, 0.3) is 5.76 Å². The lowest BCUT2D eigenvalue weighted by molar-refractivity contribution is -0.144. The molecule has 0 spiro atoms. The van der Waals surface area contributed by atoms with E-state index in [4.69, 9.17) is 5.11 Å². The molecule has 1 unspecified atom stereocenters. The van der Waals surface area contributed by atoms with Crippen LogP contribution in [0.15, 0.2) is 59.5 Å². The molecule has 1 atom stereocenters. The van der Waals surface area contributed by atoms with Crippen LogP contribution in [0.5, 0.6) is 0 Å². The van der Waals surface area contributed by atoms with Crippen molar-refractivity contribution in [2.75, 3.05) is 0 Å². The lowest BCUT2D eigenvalue weighted by Gasteiger charge is -2.14. The van der Waals surface area contributed by atoms with Crippen LogP contribution in [0.1, 0.15) is 22.3 Å². The smallest absolute Gasteiger partial charge is 0.336 e. The van der Waals surface area contributed by atoms with E-state index in [0.717, 1.165) is 16.7 Å². The standard InChI is InChI=1S/C23H17F4NO5/c24-14-7-18(26)15(19(27)8-14)5-12-6-16(20(29)9-21(30)23(32)33)22(31)28(10-12)11-13-3-1-2-4-17(13)25/h1-4,6-10,21,29-30H,5,11H2,(H,32,33)/b20-9-. The van der Waals surface area contributed by atoms with Crippen LogP contribution in [0, 0.1) is 23.3 Å². The van der Waals surface area contributed by atoms with Gasteiger partial charge in [0.15, 0.2) is 6.10 Å². The highest BCUT2D eigenvalue weighted by Gasteiger charge is 2.18. The monoisotopic (exact) mass is 463 g/mol. The van der Waals surface area contributed by atoms with Gasteiger partial charge >= 0.3 is 5.97 Å². The van der Waals surface area contributed by atoms with Crippen LogP contribution in [0.4, 0.5) is 17.6 Å². The topological polar surface area (TPSA) is 99.8 Å². The van der Waals surface area contributed by atoms with Crippen molar-refractivity contribution in [3.8, 4) is 0 Å². The van der Waals surface area contributed by atoms with Gasteiger partial charge < -0.3 is 19.9 Å². The lowest BCUT2D eigenvalue weighted by Crippen LogP contribution is -2.26. The second-order valence-electron chi connectivity index (χ2n) is 7.15. The van der Waals surface area contributed by atoms with Gasteiger partial charge in [-0.2, -0.15) is 0 Å². The van der Waals surface area contributed by atoms with Gasteiger partial charge in [-0.1, -0.05) is 18.2 Å². The first-order valence-electron chi connectivity index (χ1n) is 9.49. The molecule has 3 N–H and O–H groups in total. The number of hydrogen-bond acceptors (Lipinski definition) is 4. The number of carboxylic acids is 1. The molecule has 0 aliphatic rings. The van der Waals surface area contributed by atoms with E-state index >= 15 is 0 Å². The predicted molar refractivity (Wildman–Crippen MR) is 110 cm³/mol. The SMILES string of the molecule is O=C(O)C(O)/C=C(\O)c1cc(Cc2c(F)cc(F)cc2F)cn(Cc2ccccc2F)c1=O. The first-order valence-corrected chi connectivity index (χ1v) is 9.49. The van der Waals surface area contributed by atoms with Crippen LogP contribution in [-0.4, -0.2) is 32.0 Å². The summed E-state index contributed by atoms with van der Waals surface area (Å²) in [5.74, 6) is -6.71. The zero-order valence-corrected chi connectivity index (χ0v) is 16.8. The number of pyridine rings is 1. The normalized spacial score (nSPS) is 12.6. The minimum Gasteiger partial charge on any atom is -0.507 e. The number of aliphatic carboxylic acids is 1. The number of rotatable bonds is 7. The molecule has 3 rings (SSSR count). The van der Waals surface area contributed by atoms with E-state index in [0.29, 0.717) is 18.2 Å². The third kappa shape index (κ3) is 5.47. The third-order valence-corrected chi connectivity index (χ3v) is 4.77. The number of carbonyl (C=O) groups is 1. The number of aliphatic hydroxyl groups excluding tert-OH is 2. The zero-order chi connectivity index (χ0) is 24.3. The first kappa shape index (κ1) is 23.7. The molecule has 33 heavy (non-hydrogen) atoms. The van der Waals surface area contributed by atoms with E-state index in [1.54, 1.807) is 0 Å². The number of halogens is 4. The second kappa shape index (κ2) is 9.70. The molecule has 0 amide bonds. The molecule has 3 aromatic rings. The molecular weight excluding hydrogens is 446 g/mol. The van der Waals surface area contributed by atoms with Crippen LogP contribution in [0.3, 0.4) is 0 Å². The van der Waals surface area contributed by atoms with Gasteiger partial charge in [-0.05, 0) is 23.8 Å². The van der Waals surface area contributed by atoms with Crippen molar-refractivity contribution in [3.05, 3.63) is 111 Å². The van der Waals surface area contributed by atoms with Crippen molar-refractivity contribution in [2.45, 2.75) is 19.1 Å². The summed E-state index contributed by atoms with van der Waals surface area (Å²) >= 11 is 0. The Labute approximate surface area is 184 Å². The minimum absolute atomic E-state index is 0.0649. The summed E-state index contributed by atoms with van der Waals surface area (Å²) in [5, 5.41) is 28.5. The van der Waals surface area contributed by atoms with Gasteiger partial charge in [0, 0.05) is 35.9 Å². The largest absolute Gasteiger partial charge is 0.507 e. The van der Waals surface area contributed by atoms with Gasteiger partial charge in [-0.3, -0.25) is 4.79 Å². The number of carboxylic acid groups (broad SMARTS) is 1. The highest BCUT2D eigenvalue weighted by molar-refractivity contribution is 5.77. The Morgan fingerprint density at radius 2 is 1.64 bits per heavy atom. The molecule has 0 fully saturated rings. The van der Waals surface area contributed by atoms with E-state index in [1.165, 1.54) is 24.4 Å². The molecule has 0 saturated carbocycles. The van der Waals surface area contributed by atoms with Gasteiger partial charge in [-0.15, -0.1) is 0 Å². The second-order valence-corrected chi connectivity index (χ2v) is 7.15. The van der Waals surface area contributed by atoms with E-state index in [1.807, 2.05) is 0 Å². The average molecular weight is 463 g/mol. The van der Waals surface area contributed by atoms with E-state index < -0.39 is 64.2 Å². The summed E-state index contributed by atoms with van der Waals surface area (Å²) in [6.45, 7) is -0.324. The fourth-order valence-electron chi connectivity index (χ4n) is 3.16. The molecule has 10 heteroatoms. The zero-order valence-electron chi connectivity index (χ0n) is 16.8. The maximum atomic E-state index is 14.1. The van der Waals surface area contributed by atoms with Crippen molar-refractivity contribution in [3.63, 3.8) is 0 Å². The van der Waals surface area contributed by atoms with Gasteiger partial charge in [0.2, 0.25) is 0 Å². The van der Waals surface area contributed by atoms with Crippen molar-refractivity contribution in [1.29, 1.82) is 0 Å². The molecule has 172 valence electrons. The van der Waals surface area contributed by atoms with Crippen LogP contribution >= 0.6 is 0 Å². The van der Waals surface area contributed by atoms with Crippen LogP contribution in [0.2, 0.25) is 0 Å². The summed E-state index contributed by atoms with van der Waals surface area (Å²) in [6, 6.07) is 7.53. The Morgan fingerprint density at radius 1 is 1.00 bits per heavy atom. The Hall–Kier alpha value is -3.92. The molecule has 0 bridgehead atoms. The molecule has 1 heterocycles. The summed E-state index contributed by atoms with van der Waals surface area (Å²) in [4.78, 5) is 23.7. The highest BCUT2D eigenvalue weighted by atomic mass is 19.1. The fraction of sp³-hybridized carbons (Fsp3) is 0.130. The quantitative estimate of drug-likeness (QED) is 0.369. The van der Waals surface area contributed by atoms with Crippen LogP contribution in [-0.2, 0) is 17.8 Å². The number of aliphatic hydroxyl groups is 2. The number of benzene rings is 2. The van der Waals surface area contributed by atoms with E-state index in [2.05, 4.69) is 0 Å². The Bertz CT molecular complexity index is 1280. The number of nitrogens with zero attached hydrogens (tertiary/aromatic N) is 1. The van der Waals surface area contributed by atoms with Gasteiger partial charge in [0.05, 0.1) is 12.1 Å². The summed E-state index contributed by atoms with van der Waals surface area (Å²) in [5.41, 5.74) is -1.74.